The predicted octanol–water partition coefficient (Wildman–Crippen LogP) is 7.06. The summed E-state index contributed by atoms with van der Waals surface area (Å²) in [5.41, 5.74) is 0. The fourth-order valence-corrected chi connectivity index (χ4v) is 5.22. The largest absolute Gasteiger partial charge is 0.466 e. The lowest BCUT2D eigenvalue weighted by atomic mass is 9.75. The van der Waals surface area contributed by atoms with E-state index in [-0.39, 0.29) is 5.97 Å². The number of ether oxygens (including phenoxy) is 1. The van der Waals surface area contributed by atoms with Gasteiger partial charge in [0, 0.05) is 6.42 Å². The van der Waals surface area contributed by atoms with Crippen molar-refractivity contribution in [3.8, 4) is 0 Å². The molecule has 0 aromatic carbocycles. The normalized spacial score (nSPS) is 30.5. The lowest BCUT2D eigenvalue weighted by Crippen LogP contribution is -2.22. The SMILES string of the molecule is CCOC(=O)CC1CCCCCCCCCCC2CCCC1CCC2. The van der Waals surface area contributed by atoms with Crippen molar-refractivity contribution in [2.45, 2.75) is 116 Å². The van der Waals surface area contributed by atoms with Gasteiger partial charge in [0.2, 0.25) is 0 Å². The quantitative estimate of drug-likeness (QED) is 0.509. The first kappa shape index (κ1) is 20.8. The molecular formula is C23H42O2. The van der Waals surface area contributed by atoms with E-state index in [0.717, 1.165) is 11.8 Å². The third-order valence-corrected chi connectivity index (χ3v) is 6.71. The van der Waals surface area contributed by atoms with Gasteiger partial charge < -0.3 is 4.74 Å². The number of esters is 1. The molecule has 1 atom stereocenters. The van der Waals surface area contributed by atoms with Gasteiger partial charge in [-0.15, -0.1) is 0 Å². The summed E-state index contributed by atoms with van der Waals surface area (Å²) < 4.78 is 5.28. The van der Waals surface area contributed by atoms with Crippen LogP contribution in [0.15, 0.2) is 0 Å². The minimum atomic E-state index is 0.0434. The van der Waals surface area contributed by atoms with Gasteiger partial charge in [-0.3, -0.25) is 4.79 Å². The van der Waals surface area contributed by atoms with E-state index in [1.807, 2.05) is 6.92 Å². The standard InChI is InChI=1S/C23H42O2/c1-2-25-23(24)19-22-16-10-8-6-4-3-5-7-9-13-20-14-11-17-21(22)18-12-15-20/h20-22H,2-19H2,1H3. The minimum Gasteiger partial charge on any atom is -0.466 e. The zero-order valence-corrected chi connectivity index (χ0v) is 16.8. The van der Waals surface area contributed by atoms with E-state index in [1.54, 1.807) is 0 Å². The van der Waals surface area contributed by atoms with Crippen molar-refractivity contribution in [1.29, 1.82) is 0 Å². The highest BCUT2D eigenvalue weighted by molar-refractivity contribution is 5.69. The minimum absolute atomic E-state index is 0.0434. The Balaban J connectivity index is 1.93. The lowest BCUT2D eigenvalue weighted by molar-refractivity contribution is -0.144. The number of carbonyl (C=O) groups excluding carboxylic acids is 1. The van der Waals surface area contributed by atoms with Crippen LogP contribution >= 0.6 is 0 Å². The van der Waals surface area contributed by atoms with E-state index < -0.39 is 0 Å². The highest BCUT2D eigenvalue weighted by Crippen LogP contribution is 2.36. The molecule has 1 unspecified atom stereocenters. The number of rotatable bonds is 3. The van der Waals surface area contributed by atoms with Crippen LogP contribution in [0.25, 0.3) is 0 Å². The van der Waals surface area contributed by atoms with Crippen LogP contribution in [0.5, 0.6) is 0 Å². The number of hydrogen-bond donors (Lipinski definition) is 0. The molecule has 0 N–H and O–H groups in total. The summed E-state index contributed by atoms with van der Waals surface area (Å²) in [6.45, 7) is 2.45. The maximum atomic E-state index is 12.1. The van der Waals surface area contributed by atoms with Crippen molar-refractivity contribution < 1.29 is 9.53 Å². The molecule has 2 bridgehead atoms. The van der Waals surface area contributed by atoms with Gasteiger partial charge in [-0.1, -0.05) is 96.3 Å². The molecule has 0 aromatic rings. The third-order valence-electron chi connectivity index (χ3n) is 6.71. The molecule has 0 heterocycles. The predicted molar refractivity (Wildman–Crippen MR) is 106 cm³/mol. The van der Waals surface area contributed by atoms with Gasteiger partial charge in [0.25, 0.3) is 0 Å². The summed E-state index contributed by atoms with van der Waals surface area (Å²) in [5.74, 6) is 2.36. The van der Waals surface area contributed by atoms with Crippen LogP contribution in [0.3, 0.4) is 0 Å². The van der Waals surface area contributed by atoms with Crippen LogP contribution in [-0.2, 0) is 9.53 Å². The van der Waals surface area contributed by atoms with E-state index >= 15 is 0 Å². The fraction of sp³-hybridized carbons (Fsp3) is 0.957. The molecule has 3 aliphatic carbocycles. The molecule has 2 nitrogen and oxygen atoms in total. The van der Waals surface area contributed by atoms with Crippen molar-refractivity contribution >= 4 is 5.97 Å². The Morgan fingerprint density at radius 3 is 1.84 bits per heavy atom. The molecule has 3 rings (SSSR count). The maximum absolute atomic E-state index is 12.1. The molecule has 0 radical (unpaired) electrons. The first-order valence-electron chi connectivity index (χ1n) is 11.4. The summed E-state index contributed by atoms with van der Waals surface area (Å²) in [5, 5.41) is 0. The molecular weight excluding hydrogens is 308 g/mol. The number of carbonyl (C=O) groups is 1. The van der Waals surface area contributed by atoms with Gasteiger partial charge in [-0.2, -0.15) is 0 Å². The van der Waals surface area contributed by atoms with Crippen LogP contribution in [0.1, 0.15) is 116 Å². The first-order valence-corrected chi connectivity index (χ1v) is 11.4. The van der Waals surface area contributed by atoms with Crippen molar-refractivity contribution in [3.63, 3.8) is 0 Å². The molecule has 3 aliphatic rings. The summed E-state index contributed by atoms with van der Waals surface area (Å²) >= 11 is 0. The molecule has 25 heavy (non-hydrogen) atoms. The Labute approximate surface area is 156 Å². The first-order chi connectivity index (χ1) is 12.3. The zero-order chi connectivity index (χ0) is 17.7. The maximum Gasteiger partial charge on any atom is 0.306 e. The Morgan fingerprint density at radius 1 is 0.720 bits per heavy atom. The number of fused-ring (bicyclic) bond motifs is 14. The second kappa shape index (κ2) is 12.8. The van der Waals surface area contributed by atoms with Crippen molar-refractivity contribution in [3.05, 3.63) is 0 Å². The molecule has 0 saturated heterocycles. The Kier molecular flexibility index (Phi) is 10.6. The summed E-state index contributed by atoms with van der Waals surface area (Å²) in [7, 11) is 0. The van der Waals surface area contributed by atoms with Crippen molar-refractivity contribution in [2.24, 2.45) is 17.8 Å². The van der Waals surface area contributed by atoms with Crippen molar-refractivity contribution in [1.82, 2.24) is 0 Å². The Morgan fingerprint density at radius 2 is 1.24 bits per heavy atom. The molecule has 0 amide bonds. The van der Waals surface area contributed by atoms with Gasteiger partial charge in [0.05, 0.1) is 6.61 Å². The Bertz CT molecular complexity index is 342. The van der Waals surface area contributed by atoms with Gasteiger partial charge in [-0.25, -0.2) is 0 Å². The van der Waals surface area contributed by atoms with Crippen LogP contribution in [0, 0.1) is 17.8 Å². The van der Waals surface area contributed by atoms with E-state index in [1.165, 1.54) is 103 Å². The monoisotopic (exact) mass is 350 g/mol. The van der Waals surface area contributed by atoms with E-state index in [0.29, 0.717) is 18.9 Å². The van der Waals surface area contributed by atoms with E-state index in [2.05, 4.69) is 0 Å². The summed E-state index contributed by atoms with van der Waals surface area (Å²) in [6, 6.07) is 0. The van der Waals surface area contributed by atoms with Crippen LogP contribution in [0.2, 0.25) is 0 Å². The average Bonchev–Trinajstić information content (AvgIpc) is 2.56. The molecule has 0 aliphatic heterocycles. The Hall–Kier alpha value is -0.530. The average molecular weight is 351 g/mol. The van der Waals surface area contributed by atoms with Gasteiger partial charge in [-0.05, 0) is 31.1 Å². The second-order valence-electron chi connectivity index (χ2n) is 8.66. The lowest BCUT2D eigenvalue weighted by Gasteiger charge is -2.30. The second-order valence-corrected chi connectivity index (χ2v) is 8.66. The van der Waals surface area contributed by atoms with E-state index in [9.17, 15) is 4.79 Å². The molecule has 0 aromatic heterocycles. The summed E-state index contributed by atoms with van der Waals surface area (Å²) in [6.07, 6.45) is 23.0. The van der Waals surface area contributed by atoms with Crippen LogP contribution < -0.4 is 0 Å². The van der Waals surface area contributed by atoms with Crippen molar-refractivity contribution in [2.75, 3.05) is 6.61 Å². The van der Waals surface area contributed by atoms with Gasteiger partial charge >= 0.3 is 5.97 Å². The molecule has 2 heteroatoms. The fourth-order valence-electron chi connectivity index (χ4n) is 5.22. The van der Waals surface area contributed by atoms with Gasteiger partial charge in [0.15, 0.2) is 0 Å². The molecule has 3 saturated carbocycles. The van der Waals surface area contributed by atoms with Crippen LogP contribution in [0.4, 0.5) is 0 Å². The molecule has 3 fully saturated rings. The zero-order valence-electron chi connectivity index (χ0n) is 16.8. The highest BCUT2D eigenvalue weighted by Gasteiger charge is 2.26. The van der Waals surface area contributed by atoms with E-state index in [4.69, 9.17) is 4.74 Å². The molecule has 0 spiro atoms. The number of hydrogen-bond acceptors (Lipinski definition) is 2. The molecule has 146 valence electrons. The highest BCUT2D eigenvalue weighted by atomic mass is 16.5. The third kappa shape index (κ3) is 8.60. The van der Waals surface area contributed by atoms with Crippen LogP contribution in [-0.4, -0.2) is 12.6 Å². The smallest absolute Gasteiger partial charge is 0.306 e. The topological polar surface area (TPSA) is 26.3 Å². The van der Waals surface area contributed by atoms with Gasteiger partial charge in [0.1, 0.15) is 0 Å². The summed E-state index contributed by atoms with van der Waals surface area (Å²) in [4.78, 5) is 12.1.